The van der Waals surface area contributed by atoms with E-state index >= 15 is 0 Å². The normalized spacial score (nSPS) is 17.2. The van der Waals surface area contributed by atoms with Crippen molar-refractivity contribution in [2.45, 2.75) is 30.2 Å². The van der Waals surface area contributed by atoms with Crippen molar-refractivity contribution in [1.29, 1.82) is 0 Å². The molecule has 1 amide bonds. The molecule has 2 aromatic carbocycles. The molecule has 0 N–H and O–H groups in total. The number of nitrogens with zero attached hydrogens (tertiary/aromatic N) is 1. The molecule has 0 aliphatic heterocycles. The van der Waals surface area contributed by atoms with Gasteiger partial charge < -0.3 is 4.90 Å². The summed E-state index contributed by atoms with van der Waals surface area (Å²) in [6.45, 7) is 0. The van der Waals surface area contributed by atoms with Crippen LogP contribution in [0.1, 0.15) is 40.4 Å². The molecule has 0 bridgehead atoms. The predicted octanol–water partition coefficient (Wildman–Crippen LogP) is 3.24. The molecule has 0 fully saturated rings. The zero-order chi connectivity index (χ0) is 17.3. The van der Waals surface area contributed by atoms with Gasteiger partial charge in [-0.1, -0.05) is 30.3 Å². The Bertz CT molecular complexity index is 874. The van der Waals surface area contributed by atoms with Gasteiger partial charge in [0.05, 0.1) is 10.9 Å². The molecule has 1 aliphatic carbocycles. The minimum atomic E-state index is -3.33. The third-order valence-corrected chi connectivity index (χ3v) is 5.75. The van der Waals surface area contributed by atoms with Crippen molar-refractivity contribution in [2.75, 3.05) is 13.3 Å². The van der Waals surface area contributed by atoms with Gasteiger partial charge in [-0.25, -0.2) is 8.42 Å². The molecule has 2 aromatic rings. The lowest BCUT2D eigenvalue weighted by Crippen LogP contribution is -2.33. The summed E-state index contributed by atoms with van der Waals surface area (Å²) in [4.78, 5) is 14.8. The fraction of sp³-hybridized carbons (Fsp3) is 0.316. The van der Waals surface area contributed by atoms with Gasteiger partial charge in [0, 0.05) is 18.9 Å². The van der Waals surface area contributed by atoms with Crippen LogP contribution in [0.5, 0.6) is 0 Å². The Labute approximate surface area is 143 Å². The maximum absolute atomic E-state index is 12.9. The minimum absolute atomic E-state index is 0.0318. The number of rotatable bonds is 3. The second-order valence-corrected chi connectivity index (χ2v) is 8.34. The van der Waals surface area contributed by atoms with E-state index in [4.69, 9.17) is 0 Å². The second-order valence-electron chi connectivity index (χ2n) is 6.32. The quantitative estimate of drug-likeness (QED) is 0.860. The van der Waals surface area contributed by atoms with Crippen molar-refractivity contribution in [1.82, 2.24) is 4.90 Å². The number of carbonyl (C=O) groups excluding carboxylic acids is 1. The number of aryl methyl sites for hydroxylation is 1. The van der Waals surface area contributed by atoms with Crippen LogP contribution in [0.25, 0.3) is 0 Å². The average Bonchev–Trinajstić information content (AvgIpc) is 2.59. The SMILES string of the molecule is CN(C(=O)c1cccc(S(C)(=O)=O)c1)[C@@H]1CCCc2ccccc21. The summed E-state index contributed by atoms with van der Waals surface area (Å²) in [5, 5.41) is 0. The van der Waals surface area contributed by atoms with E-state index in [1.54, 1.807) is 24.1 Å². The summed E-state index contributed by atoms with van der Waals surface area (Å²) < 4.78 is 23.4. The average molecular weight is 343 g/mol. The highest BCUT2D eigenvalue weighted by molar-refractivity contribution is 7.90. The summed E-state index contributed by atoms with van der Waals surface area (Å²) in [7, 11) is -1.53. The molecule has 1 atom stereocenters. The van der Waals surface area contributed by atoms with Crippen LogP contribution < -0.4 is 0 Å². The molecule has 0 radical (unpaired) electrons. The van der Waals surface area contributed by atoms with E-state index in [-0.39, 0.29) is 16.8 Å². The lowest BCUT2D eigenvalue weighted by molar-refractivity contribution is 0.0715. The summed E-state index contributed by atoms with van der Waals surface area (Å²) in [6.07, 6.45) is 4.16. The summed E-state index contributed by atoms with van der Waals surface area (Å²) >= 11 is 0. The van der Waals surface area contributed by atoms with Crippen LogP contribution in [0.2, 0.25) is 0 Å². The smallest absolute Gasteiger partial charge is 0.254 e. The molecular formula is C19H21NO3S. The highest BCUT2D eigenvalue weighted by Gasteiger charge is 2.27. The zero-order valence-electron chi connectivity index (χ0n) is 13.9. The number of hydrogen-bond acceptors (Lipinski definition) is 3. The van der Waals surface area contributed by atoms with E-state index in [9.17, 15) is 13.2 Å². The topological polar surface area (TPSA) is 54.5 Å². The Morgan fingerprint density at radius 3 is 2.62 bits per heavy atom. The third kappa shape index (κ3) is 3.22. The molecule has 126 valence electrons. The Balaban J connectivity index is 1.92. The number of carbonyl (C=O) groups is 1. The predicted molar refractivity (Wildman–Crippen MR) is 93.8 cm³/mol. The van der Waals surface area contributed by atoms with E-state index in [1.807, 2.05) is 12.1 Å². The van der Waals surface area contributed by atoms with Crippen molar-refractivity contribution in [2.24, 2.45) is 0 Å². The number of amides is 1. The highest BCUT2D eigenvalue weighted by Crippen LogP contribution is 2.34. The van der Waals surface area contributed by atoms with Gasteiger partial charge in [-0.2, -0.15) is 0 Å². The standard InChI is InChI=1S/C19H21NO3S/c1-20(18-12-6-8-14-7-3-4-11-17(14)18)19(21)15-9-5-10-16(13-15)24(2,22)23/h3-5,7,9-11,13,18H,6,8,12H2,1-2H3/t18-/m1/s1. The van der Waals surface area contributed by atoms with Gasteiger partial charge >= 0.3 is 0 Å². The maximum Gasteiger partial charge on any atom is 0.254 e. The molecule has 0 heterocycles. The minimum Gasteiger partial charge on any atom is -0.335 e. The third-order valence-electron chi connectivity index (χ3n) is 4.63. The molecule has 5 heteroatoms. The first kappa shape index (κ1) is 16.7. The lowest BCUT2D eigenvalue weighted by atomic mass is 9.87. The first-order valence-electron chi connectivity index (χ1n) is 8.03. The van der Waals surface area contributed by atoms with Crippen molar-refractivity contribution in [3.8, 4) is 0 Å². The largest absolute Gasteiger partial charge is 0.335 e. The molecule has 0 unspecified atom stereocenters. The molecule has 4 nitrogen and oxygen atoms in total. The number of sulfone groups is 1. The zero-order valence-corrected chi connectivity index (χ0v) is 14.7. The fourth-order valence-electron chi connectivity index (χ4n) is 3.34. The van der Waals surface area contributed by atoms with E-state index in [1.165, 1.54) is 23.3 Å². The van der Waals surface area contributed by atoms with Crippen LogP contribution in [-0.4, -0.2) is 32.5 Å². The summed E-state index contributed by atoms with van der Waals surface area (Å²) in [6, 6.07) is 14.5. The molecule has 24 heavy (non-hydrogen) atoms. The molecule has 0 saturated carbocycles. The number of benzene rings is 2. The Morgan fingerprint density at radius 2 is 1.88 bits per heavy atom. The number of hydrogen-bond donors (Lipinski definition) is 0. The van der Waals surface area contributed by atoms with Crippen LogP contribution in [-0.2, 0) is 16.3 Å². The van der Waals surface area contributed by atoms with E-state index < -0.39 is 9.84 Å². The molecule has 0 aromatic heterocycles. The monoisotopic (exact) mass is 343 g/mol. The summed E-state index contributed by atoms with van der Waals surface area (Å²) in [5.41, 5.74) is 2.89. The Morgan fingerprint density at radius 1 is 1.12 bits per heavy atom. The van der Waals surface area contributed by atoms with Crippen LogP contribution in [0.4, 0.5) is 0 Å². The second kappa shape index (κ2) is 6.40. The van der Waals surface area contributed by atoms with Crippen LogP contribution >= 0.6 is 0 Å². The van der Waals surface area contributed by atoms with Crippen molar-refractivity contribution >= 4 is 15.7 Å². The highest BCUT2D eigenvalue weighted by atomic mass is 32.2. The van der Waals surface area contributed by atoms with Gasteiger partial charge in [0.1, 0.15) is 0 Å². The van der Waals surface area contributed by atoms with Gasteiger partial charge in [-0.15, -0.1) is 0 Å². The maximum atomic E-state index is 12.9. The first-order valence-corrected chi connectivity index (χ1v) is 9.92. The van der Waals surface area contributed by atoms with Crippen LogP contribution in [0, 0.1) is 0 Å². The van der Waals surface area contributed by atoms with Gasteiger partial charge in [-0.05, 0) is 48.6 Å². The van der Waals surface area contributed by atoms with E-state index in [2.05, 4.69) is 12.1 Å². The van der Waals surface area contributed by atoms with Gasteiger partial charge in [0.25, 0.3) is 5.91 Å². The first-order chi connectivity index (χ1) is 11.4. The van der Waals surface area contributed by atoms with Gasteiger partial charge in [-0.3, -0.25) is 4.79 Å². The van der Waals surface area contributed by atoms with Crippen molar-refractivity contribution in [3.63, 3.8) is 0 Å². The molecule has 0 saturated heterocycles. The van der Waals surface area contributed by atoms with Gasteiger partial charge in [0.15, 0.2) is 9.84 Å². The molecule has 1 aliphatic rings. The van der Waals surface area contributed by atoms with E-state index in [0.717, 1.165) is 25.5 Å². The van der Waals surface area contributed by atoms with Crippen molar-refractivity contribution in [3.05, 3.63) is 65.2 Å². The van der Waals surface area contributed by atoms with Crippen molar-refractivity contribution < 1.29 is 13.2 Å². The number of fused-ring (bicyclic) bond motifs is 1. The Kier molecular flexibility index (Phi) is 4.45. The van der Waals surface area contributed by atoms with Crippen LogP contribution in [0.3, 0.4) is 0 Å². The molecule has 0 spiro atoms. The lowest BCUT2D eigenvalue weighted by Gasteiger charge is -2.33. The van der Waals surface area contributed by atoms with Crippen LogP contribution in [0.15, 0.2) is 53.4 Å². The van der Waals surface area contributed by atoms with Gasteiger partial charge in [0.2, 0.25) is 0 Å². The molecule has 3 rings (SSSR count). The Hall–Kier alpha value is -2.14. The summed E-state index contributed by atoms with van der Waals surface area (Å²) in [5.74, 6) is -0.151. The fourth-order valence-corrected chi connectivity index (χ4v) is 4.00. The molecular weight excluding hydrogens is 322 g/mol. The van der Waals surface area contributed by atoms with E-state index in [0.29, 0.717) is 5.56 Å².